The molecule has 1 heterocycles. The number of nitrogens with one attached hydrogen (secondary N) is 1. The Morgan fingerprint density at radius 3 is 2.44 bits per heavy atom. The Labute approximate surface area is 148 Å². The summed E-state index contributed by atoms with van der Waals surface area (Å²) in [4.78, 5) is 12.1. The Morgan fingerprint density at radius 2 is 1.88 bits per heavy atom. The topological polar surface area (TPSA) is 133 Å². The van der Waals surface area contributed by atoms with Crippen molar-refractivity contribution in [2.24, 2.45) is 5.92 Å². The van der Waals surface area contributed by atoms with Gasteiger partial charge in [0.1, 0.15) is 11.9 Å². The highest BCUT2D eigenvalue weighted by molar-refractivity contribution is 7.89. The minimum absolute atomic E-state index is 0.0592. The third-order valence-electron chi connectivity index (χ3n) is 4.65. The molecule has 1 fully saturated rings. The van der Waals surface area contributed by atoms with Crippen molar-refractivity contribution in [2.75, 3.05) is 5.75 Å². The van der Waals surface area contributed by atoms with Crippen molar-refractivity contribution < 1.29 is 33.3 Å². The molecule has 5 atom stereocenters. The summed E-state index contributed by atoms with van der Waals surface area (Å²) in [5.74, 6) is -2.28. The first-order valence-corrected chi connectivity index (χ1v) is 13.7. The number of sulfonamides is 1. The van der Waals surface area contributed by atoms with Crippen LogP contribution in [-0.2, 0) is 19.6 Å². The molecule has 0 radical (unpaired) electrons. The van der Waals surface area contributed by atoms with E-state index in [0.717, 1.165) is 0 Å². The summed E-state index contributed by atoms with van der Waals surface area (Å²) < 4.78 is 32.6. The predicted molar refractivity (Wildman–Crippen MR) is 94.2 cm³/mol. The summed E-state index contributed by atoms with van der Waals surface area (Å²) in [5.41, 5.74) is -0.159. The number of cyclic esters (lactones) is 1. The monoisotopic (exact) mass is 393 g/mol. The van der Waals surface area contributed by atoms with Crippen LogP contribution in [0.25, 0.3) is 0 Å². The van der Waals surface area contributed by atoms with E-state index in [9.17, 15) is 28.5 Å². The lowest BCUT2D eigenvalue weighted by atomic mass is 9.75. The average Bonchev–Trinajstić information content (AvgIpc) is 2.45. The van der Waals surface area contributed by atoms with Gasteiger partial charge in [-0.05, 0) is 13.0 Å². The van der Waals surface area contributed by atoms with Crippen molar-refractivity contribution in [2.45, 2.75) is 63.4 Å². The summed E-state index contributed by atoms with van der Waals surface area (Å²) in [5, 5.41) is 30.3. The molecule has 0 bridgehead atoms. The lowest BCUT2D eigenvalue weighted by molar-refractivity contribution is -0.156. The van der Waals surface area contributed by atoms with Crippen molar-refractivity contribution in [1.29, 1.82) is 0 Å². The molecule has 2 rings (SSSR count). The van der Waals surface area contributed by atoms with Crippen molar-refractivity contribution >= 4 is 24.1 Å². The molecule has 2 aliphatic rings. The second-order valence-corrected chi connectivity index (χ2v) is 15.5. The smallest absolute Gasteiger partial charge is 0.338 e. The van der Waals surface area contributed by atoms with Gasteiger partial charge in [0.2, 0.25) is 10.0 Å². The molecular formula is C15H27NO7SSi. The van der Waals surface area contributed by atoms with E-state index < -0.39 is 54.3 Å². The van der Waals surface area contributed by atoms with Crippen LogP contribution < -0.4 is 4.72 Å². The van der Waals surface area contributed by atoms with Crippen LogP contribution in [-0.4, -0.2) is 67.9 Å². The molecule has 1 aliphatic heterocycles. The van der Waals surface area contributed by atoms with E-state index in [-0.39, 0.29) is 23.5 Å². The molecule has 8 nitrogen and oxygen atoms in total. The molecule has 25 heavy (non-hydrogen) atoms. The number of aliphatic hydroxyl groups excluding tert-OH is 3. The van der Waals surface area contributed by atoms with Gasteiger partial charge in [0, 0.05) is 20.4 Å². The number of ether oxygens (including phenoxy) is 1. The van der Waals surface area contributed by atoms with E-state index >= 15 is 0 Å². The Morgan fingerprint density at radius 1 is 1.28 bits per heavy atom. The first kappa shape index (κ1) is 20.4. The van der Waals surface area contributed by atoms with Gasteiger partial charge in [-0.1, -0.05) is 19.6 Å². The maximum absolute atomic E-state index is 12.5. The molecule has 0 unspecified atom stereocenters. The fourth-order valence-electron chi connectivity index (χ4n) is 3.15. The van der Waals surface area contributed by atoms with Crippen LogP contribution in [0.5, 0.6) is 0 Å². The molecule has 0 aromatic rings. The third-order valence-corrected chi connectivity index (χ3v) is 8.14. The Kier molecular flexibility index (Phi) is 5.70. The molecule has 4 N–H and O–H groups in total. The number of aliphatic hydroxyl groups is 3. The molecule has 1 aliphatic carbocycles. The van der Waals surface area contributed by atoms with Crippen molar-refractivity contribution in [1.82, 2.24) is 4.72 Å². The molecule has 10 heteroatoms. The highest BCUT2D eigenvalue weighted by Gasteiger charge is 2.51. The van der Waals surface area contributed by atoms with E-state index in [2.05, 4.69) is 24.4 Å². The van der Waals surface area contributed by atoms with Crippen molar-refractivity contribution in [3.8, 4) is 0 Å². The van der Waals surface area contributed by atoms with E-state index in [0.29, 0.717) is 6.04 Å². The van der Waals surface area contributed by atoms with E-state index in [1.807, 2.05) is 0 Å². The minimum Gasteiger partial charge on any atom is -0.512 e. The predicted octanol–water partition coefficient (Wildman–Crippen LogP) is 0.112. The standard InChI is InChI=1S/C15H27NO7SSi/c1-8-13(16-24(21,22)5-6-25(2,3)4)12-11(15(20)23-8)9(17)7-10(18)14(12)19/h8,10,12-14,16-19H,5-7H2,1-4H3/t8-,10-,12-,13+,14+/m1/s1. The second-order valence-electron chi connectivity index (χ2n) is 8.03. The minimum atomic E-state index is -3.68. The van der Waals surface area contributed by atoms with Crippen LogP contribution >= 0.6 is 0 Å². The number of carbonyl (C=O) groups excluding carboxylic acids is 1. The highest BCUT2D eigenvalue weighted by atomic mass is 32.2. The third kappa shape index (κ3) is 4.62. The van der Waals surface area contributed by atoms with Gasteiger partial charge in [0.05, 0.1) is 29.6 Å². The number of rotatable bonds is 5. The number of carbonyl (C=O) groups is 1. The van der Waals surface area contributed by atoms with E-state index in [1.165, 1.54) is 6.92 Å². The summed E-state index contributed by atoms with van der Waals surface area (Å²) in [6, 6.07) is -0.390. The van der Waals surface area contributed by atoms with Crippen LogP contribution in [0.15, 0.2) is 11.3 Å². The summed E-state index contributed by atoms with van der Waals surface area (Å²) in [6.45, 7) is 7.71. The van der Waals surface area contributed by atoms with Gasteiger partial charge in [-0.2, -0.15) is 0 Å². The maximum Gasteiger partial charge on any atom is 0.338 e. The molecule has 0 spiro atoms. The highest BCUT2D eigenvalue weighted by Crippen LogP contribution is 2.38. The summed E-state index contributed by atoms with van der Waals surface area (Å²) in [6.07, 6.45) is -3.76. The van der Waals surface area contributed by atoms with Crippen LogP contribution in [0.4, 0.5) is 0 Å². The molecule has 0 aromatic carbocycles. The van der Waals surface area contributed by atoms with Gasteiger partial charge in [-0.25, -0.2) is 17.9 Å². The molecule has 0 amide bonds. The molecule has 0 saturated carbocycles. The normalized spacial score (nSPS) is 33.8. The quantitative estimate of drug-likeness (QED) is 0.385. The van der Waals surface area contributed by atoms with E-state index in [4.69, 9.17) is 4.74 Å². The fraction of sp³-hybridized carbons (Fsp3) is 0.800. The molecule has 144 valence electrons. The summed E-state index contributed by atoms with van der Waals surface area (Å²) in [7, 11) is -5.25. The largest absolute Gasteiger partial charge is 0.512 e. The number of fused-ring (bicyclic) bond motifs is 1. The Hall–Kier alpha value is -0.943. The first-order valence-electron chi connectivity index (χ1n) is 8.31. The zero-order valence-corrected chi connectivity index (χ0v) is 16.7. The average molecular weight is 394 g/mol. The lowest BCUT2D eigenvalue weighted by Crippen LogP contribution is -2.60. The number of hydrogen-bond acceptors (Lipinski definition) is 7. The van der Waals surface area contributed by atoms with Gasteiger partial charge < -0.3 is 20.1 Å². The molecule has 0 aromatic heterocycles. The fourth-order valence-corrected chi connectivity index (χ4v) is 7.55. The zero-order valence-electron chi connectivity index (χ0n) is 14.9. The van der Waals surface area contributed by atoms with Gasteiger partial charge in [-0.3, -0.25) is 0 Å². The SMILES string of the molecule is C[C@H]1OC(=O)C2=C(O)C[C@@H](O)[C@H](O)[C@H]2[C@H]1NS(=O)(=O)CC[Si](C)(C)C. The van der Waals surface area contributed by atoms with Crippen molar-refractivity contribution in [3.05, 3.63) is 11.3 Å². The van der Waals surface area contributed by atoms with Gasteiger partial charge in [-0.15, -0.1) is 0 Å². The van der Waals surface area contributed by atoms with Gasteiger partial charge in [0.15, 0.2) is 0 Å². The summed E-state index contributed by atoms with van der Waals surface area (Å²) >= 11 is 0. The van der Waals surface area contributed by atoms with Crippen LogP contribution in [0.3, 0.4) is 0 Å². The van der Waals surface area contributed by atoms with Crippen LogP contribution in [0, 0.1) is 5.92 Å². The van der Waals surface area contributed by atoms with Crippen LogP contribution in [0.2, 0.25) is 25.7 Å². The lowest BCUT2D eigenvalue weighted by Gasteiger charge is -2.43. The van der Waals surface area contributed by atoms with Crippen molar-refractivity contribution in [3.63, 3.8) is 0 Å². The zero-order chi connectivity index (χ0) is 19.2. The second kappa shape index (κ2) is 6.99. The number of esters is 1. The maximum atomic E-state index is 12.5. The number of hydrogen-bond donors (Lipinski definition) is 4. The molecule has 1 saturated heterocycles. The Bertz CT molecular complexity index is 670. The molecular weight excluding hydrogens is 366 g/mol. The van der Waals surface area contributed by atoms with E-state index in [1.54, 1.807) is 0 Å². The van der Waals surface area contributed by atoms with Gasteiger partial charge in [0.25, 0.3) is 0 Å². The first-order chi connectivity index (χ1) is 11.3. The van der Waals surface area contributed by atoms with Crippen LogP contribution in [0.1, 0.15) is 13.3 Å². The van der Waals surface area contributed by atoms with Gasteiger partial charge >= 0.3 is 5.97 Å². The Balaban J connectivity index is 2.29.